The zero-order valence-corrected chi connectivity index (χ0v) is 10.4. The van der Waals surface area contributed by atoms with Crippen molar-refractivity contribution < 1.29 is 9.68 Å². The predicted molar refractivity (Wildman–Crippen MR) is 69.0 cm³/mol. The van der Waals surface area contributed by atoms with Crippen LogP contribution in [-0.2, 0) is 6.54 Å². The van der Waals surface area contributed by atoms with Gasteiger partial charge in [0.15, 0.2) is 18.1 Å². The third-order valence-corrected chi connectivity index (χ3v) is 4.43. The molecule has 1 aliphatic rings. The molecular weight excluding hydrogens is 218 g/mol. The van der Waals surface area contributed by atoms with E-state index in [1.165, 1.54) is 5.56 Å². The molecule has 1 heterocycles. The number of nitrogens with zero attached hydrogens (tertiary/aromatic N) is 1. The molecular formula is C13H18NOS+. The van der Waals surface area contributed by atoms with Gasteiger partial charge in [0.25, 0.3) is 0 Å². The fourth-order valence-corrected chi connectivity index (χ4v) is 3.20. The summed E-state index contributed by atoms with van der Waals surface area (Å²) in [4.78, 5) is 0. The standard InChI is InChI=1S/C13H18NOS/c1-11-13(7-8-15)16-10-14(11)9-12-5-3-2-4-6-12/h2-6,10-11,13,15H,7-9H2,1H3/q+1. The summed E-state index contributed by atoms with van der Waals surface area (Å²) < 4.78 is 2.36. The van der Waals surface area contributed by atoms with Gasteiger partial charge in [-0.15, -0.1) is 0 Å². The molecule has 2 unspecified atom stereocenters. The molecule has 0 saturated carbocycles. The lowest BCUT2D eigenvalue weighted by atomic mass is 10.1. The van der Waals surface area contributed by atoms with Gasteiger partial charge in [-0.25, -0.2) is 4.58 Å². The second-order valence-electron chi connectivity index (χ2n) is 4.19. The Morgan fingerprint density at radius 3 is 2.75 bits per heavy atom. The van der Waals surface area contributed by atoms with Crippen LogP contribution >= 0.6 is 11.8 Å². The molecule has 0 bridgehead atoms. The van der Waals surface area contributed by atoms with Crippen LogP contribution in [0.25, 0.3) is 0 Å². The molecule has 16 heavy (non-hydrogen) atoms. The molecule has 1 aromatic rings. The summed E-state index contributed by atoms with van der Waals surface area (Å²) in [5, 5.41) is 9.51. The first-order valence-electron chi connectivity index (χ1n) is 5.70. The van der Waals surface area contributed by atoms with E-state index in [-0.39, 0.29) is 6.61 Å². The van der Waals surface area contributed by atoms with E-state index in [2.05, 4.69) is 41.3 Å². The van der Waals surface area contributed by atoms with Gasteiger partial charge in [-0.3, -0.25) is 0 Å². The van der Waals surface area contributed by atoms with Crippen LogP contribution in [-0.4, -0.2) is 33.1 Å². The molecule has 1 aliphatic heterocycles. The number of benzene rings is 1. The second kappa shape index (κ2) is 5.51. The average molecular weight is 236 g/mol. The third-order valence-electron chi connectivity index (χ3n) is 3.05. The van der Waals surface area contributed by atoms with Gasteiger partial charge in [0, 0.05) is 12.2 Å². The number of aliphatic hydroxyl groups excluding tert-OH is 1. The highest BCUT2D eigenvalue weighted by Crippen LogP contribution is 2.25. The van der Waals surface area contributed by atoms with Crippen molar-refractivity contribution in [1.29, 1.82) is 0 Å². The maximum absolute atomic E-state index is 8.97. The smallest absolute Gasteiger partial charge is 0.199 e. The van der Waals surface area contributed by atoms with Gasteiger partial charge < -0.3 is 5.11 Å². The lowest BCUT2D eigenvalue weighted by Crippen LogP contribution is -2.27. The van der Waals surface area contributed by atoms with Crippen molar-refractivity contribution in [3.63, 3.8) is 0 Å². The Morgan fingerprint density at radius 1 is 1.31 bits per heavy atom. The van der Waals surface area contributed by atoms with Crippen LogP contribution in [0.4, 0.5) is 0 Å². The molecule has 0 spiro atoms. The van der Waals surface area contributed by atoms with Crippen molar-refractivity contribution in [1.82, 2.24) is 0 Å². The normalized spacial score (nSPS) is 24.5. The van der Waals surface area contributed by atoms with Crippen molar-refractivity contribution >= 4 is 17.3 Å². The van der Waals surface area contributed by atoms with Crippen molar-refractivity contribution in [2.45, 2.75) is 31.2 Å². The van der Waals surface area contributed by atoms with Gasteiger partial charge in [-0.2, -0.15) is 0 Å². The molecule has 0 amide bonds. The van der Waals surface area contributed by atoms with E-state index >= 15 is 0 Å². The van der Waals surface area contributed by atoms with Gasteiger partial charge in [-0.1, -0.05) is 42.1 Å². The van der Waals surface area contributed by atoms with Crippen LogP contribution in [0.2, 0.25) is 0 Å². The van der Waals surface area contributed by atoms with E-state index in [0.717, 1.165) is 13.0 Å². The van der Waals surface area contributed by atoms with Gasteiger partial charge >= 0.3 is 0 Å². The summed E-state index contributed by atoms with van der Waals surface area (Å²) >= 11 is 1.84. The summed E-state index contributed by atoms with van der Waals surface area (Å²) in [5.74, 6) is 0. The minimum atomic E-state index is 0.287. The Labute approximate surface area is 101 Å². The molecule has 2 nitrogen and oxygen atoms in total. The Bertz CT molecular complexity index is 363. The third kappa shape index (κ3) is 2.66. The first-order valence-corrected chi connectivity index (χ1v) is 6.65. The number of thioether (sulfide) groups is 1. The van der Waals surface area contributed by atoms with Crippen LogP contribution in [0.15, 0.2) is 30.3 Å². The number of aliphatic hydroxyl groups is 1. The Hall–Kier alpha value is -0.800. The van der Waals surface area contributed by atoms with Crippen LogP contribution in [0, 0.1) is 0 Å². The molecule has 0 aromatic heterocycles. The lowest BCUT2D eigenvalue weighted by Gasteiger charge is -2.11. The molecule has 2 rings (SSSR count). The monoisotopic (exact) mass is 236 g/mol. The molecule has 1 N–H and O–H groups in total. The molecule has 1 aromatic carbocycles. The van der Waals surface area contributed by atoms with Crippen molar-refractivity contribution in [3.05, 3.63) is 35.9 Å². The molecule has 0 radical (unpaired) electrons. The summed E-state index contributed by atoms with van der Waals surface area (Å²) in [7, 11) is 0. The first-order chi connectivity index (χ1) is 7.81. The second-order valence-corrected chi connectivity index (χ2v) is 5.28. The lowest BCUT2D eigenvalue weighted by molar-refractivity contribution is -0.567. The van der Waals surface area contributed by atoms with Crippen molar-refractivity contribution in [2.24, 2.45) is 0 Å². The van der Waals surface area contributed by atoms with Gasteiger partial charge in [0.05, 0.1) is 5.25 Å². The Kier molecular flexibility index (Phi) is 4.02. The molecule has 0 fully saturated rings. The number of rotatable bonds is 4. The van der Waals surface area contributed by atoms with E-state index in [0.29, 0.717) is 11.3 Å². The number of hydrogen-bond acceptors (Lipinski definition) is 2. The summed E-state index contributed by atoms with van der Waals surface area (Å²) in [6, 6.07) is 11.0. The number of hydrogen-bond donors (Lipinski definition) is 1. The van der Waals surface area contributed by atoms with E-state index < -0.39 is 0 Å². The van der Waals surface area contributed by atoms with Crippen LogP contribution in [0.3, 0.4) is 0 Å². The highest BCUT2D eigenvalue weighted by Gasteiger charge is 2.32. The maximum atomic E-state index is 8.97. The zero-order chi connectivity index (χ0) is 11.4. The van der Waals surface area contributed by atoms with E-state index in [1.54, 1.807) is 0 Å². The molecule has 0 aliphatic carbocycles. The summed E-state index contributed by atoms with van der Waals surface area (Å²) in [6.07, 6.45) is 0.883. The SMILES string of the molecule is CC1C(CCO)SC=[N+]1Cc1ccccc1. The molecule has 2 atom stereocenters. The molecule has 86 valence electrons. The Balaban J connectivity index is 1.97. The highest BCUT2D eigenvalue weighted by molar-refractivity contribution is 8.12. The highest BCUT2D eigenvalue weighted by atomic mass is 32.2. The predicted octanol–water partition coefficient (Wildman–Crippen LogP) is 2.11. The maximum Gasteiger partial charge on any atom is 0.199 e. The fourth-order valence-electron chi connectivity index (χ4n) is 1.99. The topological polar surface area (TPSA) is 23.2 Å². The van der Waals surface area contributed by atoms with E-state index in [9.17, 15) is 0 Å². The molecule has 0 saturated heterocycles. The Morgan fingerprint density at radius 2 is 2.06 bits per heavy atom. The van der Waals surface area contributed by atoms with Gasteiger partial charge in [-0.05, 0) is 13.3 Å². The fraction of sp³-hybridized carbons (Fsp3) is 0.462. The quantitative estimate of drug-likeness (QED) is 0.809. The van der Waals surface area contributed by atoms with Crippen LogP contribution < -0.4 is 0 Å². The van der Waals surface area contributed by atoms with Crippen molar-refractivity contribution in [3.8, 4) is 0 Å². The minimum Gasteiger partial charge on any atom is -0.396 e. The minimum absolute atomic E-state index is 0.287. The largest absolute Gasteiger partial charge is 0.396 e. The average Bonchev–Trinajstić information content (AvgIpc) is 2.64. The van der Waals surface area contributed by atoms with Gasteiger partial charge in [0.2, 0.25) is 0 Å². The van der Waals surface area contributed by atoms with Crippen LogP contribution in [0.5, 0.6) is 0 Å². The summed E-state index contributed by atoms with van der Waals surface area (Å²) in [5.41, 5.74) is 3.55. The van der Waals surface area contributed by atoms with Crippen LogP contribution in [0.1, 0.15) is 18.9 Å². The summed E-state index contributed by atoms with van der Waals surface area (Å²) in [6.45, 7) is 3.49. The molecule has 3 heteroatoms. The van der Waals surface area contributed by atoms with Gasteiger partial charge in [0.1, 0.15) is 0 Å². The van der Waals surface area contributed by atoms with Crippen molar-refractivity contribution in [2.75, 3.05) is 6.61 Å². The van der Waals surface area contributed by atoms with E-state index in [1.807, 2.05) is 17.8 Å². The first kappa shape index (κ1) is 11.7. The zero-order valence-electron chi connectivity index (χ0n) is 9.54. The van der Waals surface area contributed by atoms with E-state index in [4.69, 9.17) is 5.11 Å².